The largest absolute Gasteiger partial charge is 0.389 e. The Kier molecular flexibility index (Phi) is 4.77. The molecule has 0 aliphatic carbocycles. The van der Waals surface area contributed by atoms with Gasteiger partial charge in [-0.2, -0.15) is 0 Å². The van der Waals surface area contributed by atoms with Gasteiger partial charge in [-0.25, -0.2) is 9.97 Å². The predicted octanol–water partition coefficient (Wildman–Crippen LogP) is 0.964. The molecule has 1 aromatic heterocycles. The lowest BCUT2D eigenvalue weighted by atomic mass is 10.2. The summed E-state index contributed by atoms with van der Waals surface area (Å²) >= 11 is 0. The maximum atomic E-state index is 9.67. The molecule has 1 aliphatic heterocycles. The van der Waals surface area contributed by atoms with Crippen LogP contribution in [0.25, 0.3) is 0 Å². The first kappa shape index (κ1) is 15.0. The Bertz CT molecular complexity index is 443. The number of nitrogens with zero attached hydrogens (tertiary/aromatic N) is 3. The van der Waals surface area contributed by atoms with Crippen molar-refractivity contribution in [3.05, 3.63) is 11.9 Å². The fraction of sp³-hybridized carbons (Fsp3) is 0.714. The number of aromatic nitrogens is 2. The molecule has 6 heteroatoms. The molecule has 6 nitrogen and oxygen atoms in total. The second kappa shape index (κ2) is 6.37. The van der Waals surface area contributed by atoms with E-state index in [0.29, 0.717) is 13.1 Å². The van der Waals surface area contributed by atoms with Gasteiger partial charge in [0.05, 0.1) is 12.2 Å². The molecule has 1 aromatic rings. The number of β-amino-alcohol motifs (C(OH)–C–C–N with tert-alkyl or cyclic N) is 2. The van der Waals surface area contributed by atoms with E-state index in [2.05, 4.69) is 36.1 Å². The second-order valence-electron chi connectivity index (χ2n) is 5.59. The summed E-state index contributed by atoms with van der Waals surface area (Å²) < 4.78 is 0. The number of aliphatic hydroxyl groups is 2. The van der Waals surface area contributed by atoms with E-state index < -0.39 is 12.2 Å². The topological polar surface area (TPSA) is 81.5 Å². The Morgan fingerprint density at radius 2 is 1.95 bits per heavy atom. The third kappa shape index (κ3) is 3.37. The molecule has 2 unspecified atom stereocenters. The molecule has 1 fully saturated rings. The number of hydrogen-bond donors (Lipinski definition) is 3. The first-order valence-electron chi connectivity index (χ1n) is 7.25. The van der Waals surface area contributed by atoms with E-state index >= 15 is 0 Å². The Morgan fingerprint density at radius 3 is 2.50 bits per heavy atom. The molecule has 112 valence electrons. The molecule has 20 heavy (non-hydrogen) atoms. The summed E-state index contributed by atoms with van der Waals surface area (Å²) in [5.74, 6) is 2.57. The Morgan fingerprint density at radius 1 is 1.30 bits per heavy atom. The zero-order valence-electron chi connectivity index (χ0n) is 12.4. The quantitative estimate of drug-likeness (QED) is 0.745. The molecule has 0 amide bonds. The van der Waals surface area contributed by atoms with E-state index in [1.807, 2.05) is 11.0 Å². The summed E-state index contributed by atoms with van der Waals surface area (Å²) in [7, 11) is 0. The van der Waals surface area contributed by atoms with Crippen LogP contribution in [0.2, 0.25) is 0 Å². The first-order chi connectivity index (χ1) is 9.51. The van der Waals surface area contributed by atoms with E-state index in [4.69, 9.17) is 0 Å². The molecular weight excluding hydrogens is 256 g/mol. The fourth-order valence-corrected chi connectivity index (χ4v) is 2.17. The van der Waals surface area contributed by atoms with Gasteiger partial charge in [0.1, 0.15) is 17.5 Å². The summed E-state index contributed by atoms with van der Waals surface area (Å²) in [6, 6.07) is 1.88. The van der Waals surface area contributed by atoms with Crippen LogP contribution in [0.1, 0.15) is 38.9 Å². The number of aliphatic hydroxyl groups excluding tert-OH is 2. The van der Waals surface area contributed by atoms with Crippen molar-refractivity contribution in [2.45, 2.75) is 45.3 Å². The molecule has 0 aromatic carbocycles. The highest BCUT2D eigenvalue weighted by Gasteiger charge is 2.30. The minimum absolute atomic E-state index is 0.231. The SMILES string of the molecule is CCCNc1cc(N2CC(O)C(O)C2)nc(C(C)C)n1. The maximum absolute atomic E-state index is 9.67. The molecular formula is C14H24N4O2. The highest BCUT2D eigenvalue weighted by atomic mass is 16.3. The highest BCUT2D eigenvalue weighted by molar-refractivity contribution is 5.50. The average Bonchev–Trinajstić information content (AvgIpc) is 2.76. The lowest BCUT2D eigenvalue weighted by Crippen LogP contribution is -2.23. The van der Waals surface area contributed by atoms with Crippen LogP contribution < -0.4 is 10.2 Å². The van der Waals surface area contributed by atoms with Gasteiger partial charge in [-0.05, 0) is 6.42 Å². The van der Waals surface area contributed by atoms with Crippen LogP contribution >= 0.6 is 0 Å². The summed E-state index contributed by atoms with van der Waals surface area (Å²) in [6.45, 7) is 7.88. The Balaban J connectivity index is 2.25. The van der Waals surface area contributed by atoms with Gasteiger partial charge in [-0.15, -0.1) is 0 Å². The lowest BCUT2D eigenvalue weighted by Gasteiger charge is -2.19. The summed E-state index contributed by atoms with van der Waals surface area (Å²) in [5.41, 5.74) is 0. The van der Waals surface area contributed by atoms with E-state index in [1.165, 1.54) is 0 Å². The van der Waals surface area contributed by atoms with Gasteiger partial charge < -0.3 is 20.4 Å². The number of anilines is 2. The Hall–Kier alpha value is -1.40. The minimum atomic E-state index is -0.709. The highest BCUT2D eigenvalue weighted by Crippen LogP contribution is 2.23. The van der Waals surface area contributed by atoms with Gasteiger partial charge in [-0.1, -0.05) is 20.8 Å². The fourth-order valence-electron chi connectivity index (χ4n) is 2.17. The van der Waals surface area contributed by atoms with Gasteiger partial charge in [-0.3, -0.25) is 0 Å². The maximum Gasteiger partial charge on any atom is 0.135 e. The molecule has 1 saturated heterocycles. The molecule has 0 bridgehead atoms. The predicted molar refractivity (Wildman–Crippen MR) is 79.1 cm³/mol. The molecule has 2 rings (SSSR count). The zero-order valence-corrected chi connectivity index (χ0v) is 12.4. The van der Waals surface area contributed by atoms with Crippen molar-refractivity contribution in [1.29, 1.82) is 0 Å². The molecule has 0 spiro atoms. The molecule has 1 aliphatic rings. The van der Waals surface area contributed by atoms with Crippen LogP contribution in [0, 0.1) is 0 Å². The van der Waals surface area contributed by atoms with Crippen LogP contribution in [0.5, 0.6) is 0 Å². The lowest BCUT2D eigenvalue weighted by molar-refractivity contribution is 0.0572. The van der Waals surface area contributed by atoms with E-state index in [-0.39, 0.29) is 5.92 Å². The van der Waals surface area contributed by atoms with Crippen molar-refractivity contribution in [3.8, 4) is 0 Å². The van der Waals surface area contributed by atoms with E-state index in [9.17, 15) is 10.2 Å². The van der Waals surface area contributed by atoms with Crippen LogP contribution in [-0.2, 0) is 0 Å². The summed E-state index contributed by atoms with van der Waals surface area (Å²) in [5, 5.41) is 22.6. The van der Waals surface area contributed by atoms with Gasteiger partial charge in [0.25, 0.3) is 0 Å². The van der Waals surface area contributed by atoms with Crippen molar-refractivity contribution in [3.63, 3.8) is 0 Å². The standard InChI is InChI=1S/C14H24N4O2/c1-4-5-15-12-6-13(17-14(16-12)9(2)3)18-7-10(19)11(20)8-18/h6,9-11,19-20H,4-5,7-8H2,1-3H3,(H,15,16,17). The zero-order chi connectivity index (χ0) is 14.7. The van der Waals surface area contributed by atoms with E-state index in [1.54, 1.807) is 0 Å². The van der Waals surface area contributed by atoms with Crippen molar-refractivity contribution in [2.24, 2.45) is 0 Å². The smallest absolute Gasteiger partial charge is 0.135 e. The van der Waals surface area contributed by atoms with Crippen molar-refractivity contribution >= 4 is 11.6 Å². The minimum Gasteiger partial charge on any atom is -0.389 e. The van der Waals surface area contributed by atoms with Crippen molar-refractivity contribution in [1.82, 2.24) is 9.97 Å². The summed E-state index contributed by atoms with van der Waals surface area (Å²) in [6.07, 6.45) is -0.392. The van der Waals surface area contributed by atoms with Crippen molar-refractivity contribution in [2.75, 3.05) is 29.9 Å². The summed E-state index contributed by atoms with van der Waals surface area (Å²) in [4.78, 5) is 11.0. The van der Waals surface area contributed by atoms with Gasteiger partial charge in [0, 0.05) is 31.6 Å². The van der Waals surface area contributed by atoms with Crippen LogP contribution in [-0.4, -0.2) is 52.0 Å². The van der Waals surface area contributed by atoms with Crippen molar-refractivity contribution < 1.29 is 10.2 Å². The normalized spacial score (nSPS) is 22.6. The van der Waals surface area contributed by atoms with Crippen LogP contribution in [0.4, 0.5) is 11.6 Å². The van der Waals surface area contributed by atoms with E-state index in [0.717, 1.165) is 30.4 Å². The Labute approximate surface area is 119 Å². The molecule has 3 N–H and O–H groups in total. The van der Waals surface area contributed by atoms with Gasteiger partial charge in [0.2, 0.25) is 0 Å². The molecule has 0 saturated carbocycles. The number of rotatable bonds is 5. The molecule has 2 heterocycles. The average molecular weight is 280 g/mol. The third-order valence-corrected chi connectivity index (χ3v) is 3.39. The molecule has 2 atom stereocenters. The van der Waals surface area contributed by atoms with Gasteiger partial charge in [0.15, 0.2) is 0 Å². The number of nitrogens with one attached hydrogen (secondary N) is 1. The van der Waals surface area contributed by atoms with Gasteiger partial charge >= 0.3 is 0 Å². The first-order valence-corrected chi connectivity index (χ1v) is 7.25. The monoisotopic (exact) mass is 280 g/mol. The second-order valence-corrected chi connectivity index (χ2v) is 5.59. The number of hydrogen-bond acceptors (Lipinski definition) is 6. The molecule has 0 radical (unpaired) electrons. The van der Waals surface area contributed by atoms with Crippen LogP contribution in [0.3, 0.4) is 0 Å². The third-order valence-electron chi connectivity index (χ3n) is 3.39. The van der Waals surface area contributed by atoms with Crippen LogP contribution in [0.15, 0.2) is 6.07 Å².